The maximum absolute atomic E-state index is 10.8. The molecule has 2 aromatic rings. The quantitative estimate of drug-likeness (QED) is 0.641. The van der Waals surface area contributed by atoms with Crippen molar-refractivity contribution in [3.8, 4) is 0 Å². The zero-order chi connectivity index (χ0) is 12.1. The lowest BCUT2D eigenvalue weighted by molar-refractivity contribution is -0.384. The highest BCUT2D eigenvalue weighted by molar-refractivity contribution is 5.59. The van der Waals surface area contributed by atoms with Crippen LogP contribution in [0.15, 0.2) is 43.0 Å². The van der Waals surface area contributed by atoms with Gasteiger partial charge in [0.1, 0.15) is 5.69 Å². The minimum atomic E-state index is -0.437. The van der Waals surface area contributed by atoms with Crippen LogP contribution in [0.4, 0.5) is 11.4 Å². The fourth-order valence-corrected chi connectivity index (χ4v) is 1.38. The standard InChI is InChI=1S/C11H10N4O2/c16-15(17)11-3-5-13-8-10(11)14-7-9-2-1-4-12-6-9/h1-6,8,14H,7H2. The molecule has 0 aliphatic rings. The second-order valence-electron chi connectivity index (χ2n) is 3.36. The Hall–Kier alpha value is -2.50. The highest BCUT2D eigenvalue weighted by Crippen LogP contribution is 2.22. The molecular weight excluding hydrogens is 220 g/mol. The number of aromatic nitrogens is 2. The van der Waals surface area contributed by atoms with E-state index in [-0.39, 0.29) is 5.69 Å². The van der Waals surface area contributed by atoms with Crippen molar-refractivity contribution < 1.29 is 4.92 Å². The molecule has 0 atom stereocenters. The molecule has 0 unspecified atom stereocenters. The number of hydrogen-bond acceptors (Lipinski definition) is 5. The average Bonchev–Trinajstić information content (AvgIpc) is 2.38. The molecule has 0 radical (unpaired) electrons. The van der Waals surface area contributed by atoms with Gasteiger partial charge in [0.15, 0.2) is 0 Å². The highest BCUT2D eigenvalue weighted by atomic mass is 16.6. The summed E-state index contributed by atoms with van der Waals surface area (Å²) >= 11 is 0. The topological polar surface area (TPSA) is 81.0 Å². The molecular formula is C11H10N4O2. The van der Waals surface area contributed by atoms with Crippen LogP contribution in [0, 0.1) is 10.1 Å². The van der Waals surface area contributed by atoms with Crippen LogP contribution in [-0.2, 0) is 6.54 Å². The van der Waals surface area contributed by atoms with E-state index >= 15 is 0 Å². The zero-order valence-electron chi connectivity index (χ0n) is 8.91. The van der Waals surface area contributed by atoms with Gasteiger partial charge in [-0.25, -0.2) is 0 Å². The molecule has 0 fully saturated rings. The van der Waals surface area contributed by atoms with Crippen LogP contribution in [0.3, 0.4) is 0 Å². The van der Waals surface area contributed by atoms with Gasteiger partial charge in [0.2, 0.25) is 0 Å². The average molecular weight is 230 g/mol. The summed E-state index contributed by atoms with van der Waals surface area (Å²) in [6.45, 7) is 0.473. The van der Waals surface area contributed by atoms with E-state index in [1.807, 2.05) is 12.1 Å². The number of nitrogens with zero attached hydrogens (tertiary/aromatic N) is 3. The Kier molecular flexibility index (Phi) is 3.25. The van der Waals surface area contributed by atoms with Crippen LogP contribution in [0.1, 0.15) is 5.56 Å². The third kappa shape index (κ3) is 2.75. The van der Waals surface area contributed by atoms with Gasteiger partial charge in [-0.3, -0.25) is 20.1 Å². The second kappa shape index (κ2) is 5.02. The second-order valence-corrected chi connectivity index (χ2v) is 3.36. The summed E-state index contributed by atoms with van der Waals surface area (Å²) in [5.41, 5.74) is 1.37. The van der Waals surface area contributed by atoms with Crippen molar-refractivity contribution in [2.45, 2.75) is 6.54 Å². The Labute approximate surface area is 97.5 Å². The van der Waals surface area contributed by atoms with Gasteiger partial charge in [-0.1, -0.05) is 6.07 Å². The van der Waals surface area contributed by atoms with Gasteiger partial charge in [0.25, 0.3) is 5.69 Å². The van der Waals surface area contributed by atoms with E-state index in [0.717, 1.165) is 5.56 Å². The summed E-state index contributed by atoms with van der Waals surface area (Å²) in [5.74, 6) is 0. The number of rotatable bonds is 4. The summed E-state index contributed by atoms with van der Waals surface area (Å²) in [6.07, 6.45) is 6.22. The van der Waals surface area contributed by atoms with Crippen LogP contribution in [0.5, 0.6) is 0 Å². The molecule has 0 aromatic carbocycles. The SMILES string of the molecule is O=[N+]([O-])c1ccncc1NCc1cccnc1. The van der Waals surface area contributed by atoms with Crippen LogP contribution in [0.2, 0.25) is 0 Å². The number of hydrogen-bond donors (Lipinski definition) is 1. The van der Waals surface area contributed by atoms with E-state index < -0.39 is 4.92 Å². The van der Waals surface area contributed by atoms with Crippen molar-refractivity contribution in [3.05, 3.63) is 58.7 Å². The fourth-order valence-electron chi connectivity index (χ4n) is 1.38. The van der Waals surface area contributed by atoms with Crippen LogP contribution in [-0.4, -0.2) is 14.9 Å². The van der Waals surface area contributed by atoms with E-state index in [0.29, 0.717) is 12.2 Å². The van der Waals surface area contributed by atoms with Gasteiger partial charge in [-0.2, -0.15) is 0 Å². The van der Waals surface area contributed by atoms with Gasteiger partial charge in [0, 0.05) is 31.2 Å². The van der Waals surface area contributed by atoms with Crippen LogP contribution in [0.25, 0.3) is 0 Å². The Morgan fingerprint density at radius 3 is 2.76 bits per heavy atom. The third-order valence-electron chi connectivity index (χ3n) is 2.20. The number of anilines is 1. The molecule has 0 spiro atoms. The lowest BCUT2D eigenvalue weighted by Gasteiger charge is -2.05. The van der Waals surface area contributed by atoms with E-state index in [4.69, 9.17) is 0 Å². The lowest BCUT2D eigenvalue weighted by atomic mass is 10.2. The number of nitro groups is 1. The minimum absolute atomic E-state index is 0.0175. The minimum Gasteiger partial charge on any atom is -0.374 e. The lowest BCUT2D eigenvalue weighted by Crippen LogP contribution is -2.03. The predicted octanol–water partition coefficient (Wildman–Crippen LogP) is 2.00. The molecule has 2 aromatic heterocycles. The molecule has 0 saturated heterocycles. The fraction of sp³-hybridized carbons (Fsp3) is 0.0909. The summed E-state index contributed by atoms with van der Waals surface area (Å²) in [5, 5.41) is 13.7. The van der Waals surface area contributed by atoms with E-state index in [2.05, 4.69) is 15.3 Å². The first kappa shape index (κ1) is 11.0. The molecule has 86 valence electrons. The van der Waals surface area contributed by atoms with Gasteiger partial charge in [-0.05, 0) is 11.6 Å². The van der Waals surface area contributed by atoms with Gasteiger partial charge in [-0.15, -0.1) is 0 Å². The van der Waals surface area contributed by atoms with Gasteiger partial charge < -0.3 is 5.32 Å². The Balaban J connectivity index is 2.12. The Morgan fingerprint density at radius 1 is 1.24 bits per heavy atom. The van der Waals surface area contributed by atoms with Crippen LogP contribution < -0.4 is 5.32 Å². The van der Waals surface area contributed by atoms with Crippen LogP contribution >= 0.6 is 0 Å². The zero-order valence-corrected chi connectivity index (χ0v) is 8.91. The smallest absolute Gasteiger partial charge is 0.295 e. The van der Waals surface area contributed by atoms with Crippen molar-refractivity contribution in [3.63, 3.8) is 0 Å². The molecule has 6 nitrogen and oxygen atoms in total. The van der Waals surface area contributed by atoms with Crippen molar-refractivity contribution in [2.24, 2.45) is 0 Å². The van der Waals surface area contributed by atoms with Crippen molar-refractivity contribution >= 4 is 11.4 Å². The monoisotopic (exact) mass is 230 g/mol. The van der Waals surface area contributed by atoms with Gasteiger partial charge >= 0.3 is 0 Å². The third-order valence-corrected chi connectivity index (χ3v) is 2.20. The van der Waals surface area contributed by atoms with E-state index in [1.165, 1.54) is 18.5 Å². The van der Waals surface area contributed by atoms with Crippen molar-refractivity contribution in [2.75, 3.05) is 5.32 Å². The number of nitrogens with one attached hydrogen (secondary N) is 1. The molecule has 0 saturated carbocycles. The predicted molar refractivity (Wildman–Crippen MR) is 62.5 cm³/mol. The summed E-state index contributed by atoms with van der Waals surface area (Å²) < 4.78 is 0. The molecule has 0 aliphatic heterocycles. The molecule has 6 heteroatoms. The highest BCUT2D eigenvalue weighted by Gasteiger charge is 2.12. The summed E-state index contributed by atoms with van der Waals surface area (Å²) in [6, 6.07) is 5.07. The molecule has 0 amide bonds. The maximum atomic E-state index is 10.8. The van der Waals surface area contributed by atoms with E-state index in [1.54, 1.807) is 12.4 Å². The van der Waals surface area contributed by atoms with Gasteiger partial charge in [0.05, 0.1) is 11.1 Å². The molecule has 17 heavy (non-hydrogen) atoms. The summed E-state index contributed by atoms with van der Waals surface area (Å²) in [4.78, 5) is 18.1. The first-order valence-corrected chi connectivity index (χ1v) is 4.98. The first-order valence-electron chi connectivity index (χ1n) is 4.98. The van der Waals surface area contributed by atoms with E-state index in [9.17, 15) is 10.1 Å². The molecule has 0 bridgehead atoms. The molecule has 1 N–H and O–H groups in total. The molecule has 2 heterocycles. The maximum Gasteiger partial charge on any atom is 0.295 e. The Bertz CT molecular complexity index is 516. The normalized spacial score (nSPS) is 9.88. The molecule has 0 aliphatic carbocycles. The number of pyridine rings is 2. The largest absolute Gasteiger partial charge is 0.374 e. The Morgan fingerprint density at radius 2 is 2.06 bits per heavy atom. The van der Waals surface area contributed by atoms with Crippen molar-refractivity contribution in [1.29, 1.82) is 0 Å². The first-order chi connectivity index (χ1) is 8.27. The summed E-state index contributed by atoms with van der Waals surface area (Å²) in [7, 11) is 0. The molecule has 2 rings (SSSR count). The van der Waals surface area contributed by atoms with Crippen molar-refractivity contribution in [1.82, 2.24) is 9.97 Å².